The molecule has 0 heterocycles. The van der Waals surface area contributed by atoms with E-state index in [-0.39, 0.29) is 6.61 Å². The second-order valence-corrected chi connectivity index (χ2v) is 3.00. The fourth-order valence-corrected chi connectivity index (χ4v) is 1.22. The Kier molecular flexibility index (Phi) is 7.45. The zero-order valence-electron chi connectivity index (χ0n) is 9.17. The zero-order chi connectivity index (χ0) is 11.8. The molecule has 0 aliphatic carbocycles. The molecule has 90 valence electrons. The Morgan fingerprint density at radius 1 is 1.27 bits per heavy atom. The number of hydrogen-bond acceptors (Lipinski definition) is 6. The number of ketones is 1. The summed E-state index contributed by atoms with van der Waals surface area (Å²) < 4.78 is 14.5. The molecule has 0 unspecified atom stereocenters. The lowest BCUT2D eigenvalue weighted by Crippen LogP contribution is -2.47. The van der Waals surface area contributed by atoms with Crippen LogP contribution in [0, 0.1) is 0 Å². The number of rotatable bonds is 8. The third-order valence-corrected chi connectivity index (χ3v) is 2.05. The predicted octanol–water partition coefficient (Wildman–Crippen LogP) is -1.41. The monoisotopic (exact) mass is 222 g/mol. The molecule has 0 rings (SSSR count). The standard InChI is InChI=1S/C9H18O6/c1-13-5-7(14-2)8(12)9(15-3)6(11)4-10/h7-10,12H,4-5H2,1-3H3/t7-,8-,9-/m1/s1. The van der Waals surface area contributed by atoms with Crippen molar-refractivity contribution in [2.75, 3.05) is 34.5 Å². The van der Waals surface area contributed by atoms with Crippen LogP contribution in [-0.4, -0.2) is 68.9 Å². The van der Waals surface area contributed by atoms with Gasteiger partial charge in [-0.15, -0.1) is 0 Å². The van der Waals surface area contributed by atoms with Crippen molar-refractivity contribution in [1.82, 2.24) is 0 Å². The lowest BCUT2D eigenvalue weighted by Gasteiger charge is -2.26. The minimum absolute atomic E-state index is 0.135. The molecule has 2 N–H and O–H groups in total. The Labute approximate surface area is 88.7 Å². The largest absolute Gasteiger partial charge is 0.388 e. The molecule has 0 saturated carbocycles. The minimum atomic E-state index is -1.17. The molecule has 0 aromatic carbocycles. The maximum absolute atomic E-state index is 11.2. The summed E-state index contributed by atoms with van der Waals surface area (Å²) in [7, 11) is 4.12. The molecule has 0 spiro atoms. The molecule has 0 aromatic heterocycles. The predicted molar refractivity (Wildman–Crippen MR) is 51.6 cm³/mol. The lowest BCUT2D eigenvalue weighted by atomic mass is 10.0. The summed E-state index contributed by atoms with van der Waals surface area (Å²) in [6.45, 7) is -0.546. The van der Waals surface area contributed by atoms with Gasteiger partial charge in [-0.2, -0.15) is 0 Å². The zero-order valence-corrected chi connectivity index (χ0v) is 9.17. The van der Waals surface area contributed by atoms with Crippen molar-refractivity contribution >= 4 is 5.78 Å². The smallest absolute Gasteiger partial charge is 0.189 e. The number of carbonyl (C=O) groups is 1. The second kappa shape index (κ2) is 7.72. The number of ether oxygens (including phenoxy) is 3. The van der Waals surface area contributed by atoms with E-state index < -0.39 is 30.7 Å². The Bertz CT molecular complexity index is 183. The number of Topliss-reactive ketones (excluding diaryl/α,β-unsaturated/α-hetero) is 1. The van der Waals surface area contributed by atoms with Crippen LogP contribution in [0.3, 0.4) is 0 Å². The highest BCUT2D eigenvalue weighted by molar-refractivity contribution is 5.84. The molecule has 0 aromatic rings. The van der Waals surface area contributed by atoms with E-state index in [0.29, 0.717) is 0 Å². The van der Waals surface area contributed by atoms with Crippen molar-refractivity contribution < 1.29 is 29.2 Å². The first-order chi connectivity index (χ1) is 7.12. The molecule has 0 saturated heterocycles. The normalized spacial score (nSPS) is 17.1. The molecule has 0 bridgehead atoms. The molecule has 3 atom stereocenters. The molecule has 0 radical (unpaired) electrons. The van der Waals surface area contributed by atoms with Crippen LogP contribution in [0.25, 0.3) is 0 Å². The van der Waals surface area contributed by atoms with Gasteiger partial charge in [0.25, 0.3) is 0 Å². The Morgan fingerprint density at radius 3 is 2.20 bits per heavy atom. The number of methoxy groups -OCH3 is 3. The van der Waals surface area contributed by atoms with Crippen LogP contribution >= 0.6 is 0 Å². The van der Waals surface area contributed by atoms with Gasteiger partial charge in [-0.25, -0.2) is 0 Å². The summed E-state index contributed by atoms with van der Waals surface area (Å²) in [5.74, 6) is -0.594. The number of carbonyl (C=O) groups excluding carboxylic acids is 1. The fourth-order valence-electron chi connectivity index (χ4n) is 1.22. The highest BCUT2D eigenvalue weighted by Gasteiger charge is 2.32. The third kappa shape index (κ3) is 4.23. The molecular weight excluding hydrogens is 204 g/mol. The van der Waals surface area contributed by atoms with Gasteiger partial charge in [0.2, 0.25) is 0 Å². The third-order valence-electron chi connectivity index (χ3n) is 2.05. The maximum atomic E-state index is 11.2. The van der Waals surface area contributed by atoms with Gasteiger partial charge in [0.15, 0.2) is 5.78 Å². The highest BCUT2D eigenvalue weighted by Crippen LogP contribution is 2.08. The maximum Gasteiger partial charge on any atom is 0.189 e. The van der Waals surface area contributed by atoms with E-state index in [1.807, 2.05) is 0 Å². The van der Waals surface area contributed by atoms with Crippen LogP contribution in [0.5, 0.6) is 0 Å². The molecule has 6 nitrogen and oxygen atoms in total. The highest BCUT2D eigenvalue weighted by atomic mass is 16.5. The Hall–Kier alpha value is -0.530. The SMILES string of the molecule is COC[C@@H](OC)[C@@H](O)[C@H](OC)C(=O)CO. The summed E-state index contributed by atoms with van der Waals surface area (Å²) in [5, 5.41) is 18.4. The van der Waals surface area contributed by atoms with E-state index >= 15 is 0 Å². The summed E-state index contributed by atoms with van der Waals surface area (Å²) in [5.41, 5.74) is 0. The summed E-state index contributed by atoms with van der Waals surface area (Å²) in [6, 6.07) is 0. The van der Waals surface area contributed by atoms with Crippen molar-refractivity contribution in [1.29, 1.82) is 0 Å². The number of aliphatic hydroxyl groups is 2. The van der Waals surface area contributed by atoms with Gasteiger partial charge in [-0.05, 0) is 0 Å². The van der Waals surface area contributed by atoms with Crippen LogP contribution in [0.1, 0.15) is 0 Å². The van der Waals surface area contributed by atoms with Crippen molar-refractivity contribution in [3.63, 3.8) is 0 Å². The van der Waals surface area contributed by atoms with Gasteiger partial charge in [-0.3, -0.25) is 4.79 Å². The van der Waals surface area contributed by atoms with E-state index in [9.17, 15) is 9.90 Å². The van der Waals surface area contributed by atoms with Gasteiger partial charge < -0.3 is 24.4 Å². The second-order valence-electron chi connectivity index (χ2n) is 3.00. The van der Waals surface area contributed by atoms with Crippen molar-refractivity contribution in [2.45, 2.75) is 18.3 Å². The van der Waals surface area contributed by atoms with E-state index in [1.54, 1.807) is 0 Å². The van der Waals surface area contributed by atoms with E-state index in [0.717, 1.165) is 0 Å². The minimum Gasteiger partial charge on any atom is -0.388 e. The van der Waals surface area contributed by atoms with Gasteiger partial charge in [-0.1, -0.05) is 0 Å². The molecule has 0 aliphatic heterocycles. The number of hydrogen-bond donors (Lipinski definition) is 2. The van der Waals surface area contributed by atoms with E-state index in [1.165, 1.54) is 21.3 Å². The fraction of sp³-hybridized carbons (Fsp3) is 0.889. The molecule has 0 fully saturated rings. The van der Waals surface area contributed by atoms with Crippen LogP contribution in [0.4, 0.5) is 0 Å². The van der Waals surface area contributed by atoms with Crippen molar-refractivity contribution in [2.24, 2.45) is 0 Å². The van der Waals surface area contributed by atoms with E-state index in [2.05, 4.69) is 0 Å². The van der Waals surface area contributed by atoms with E-state index in [4.69, 9.17) is 19.3 Å². The van der Waals surface area contributed by atoms with Crippen LogP contribution in [0.15, 0.2) is 0 Å². The van der Waals surface area contributed by atoms with Crippen LogP contribution in [0.2, 0.25) is 0 Å². The quantitative estimate of drug-likeness (QED) is 0.524. The molecule has 15 heavy (non-hydrogen) atoms. The first kappa shape index (κ1) is 14.5. The summed E-state index contributed by atoms with van der Waals surface area (Å²) in [6.07, 6.45) is -2.94. The van der Waals surface area contributed by atoms with Crippen LogP contribution in [-0.2, 0) is 19.0 Å². The first-order valence-electron chi connectivity index (χ1n) is 4.48. The average molecular weight is 222 g/mol. The van der Waals surface area contributed by atoms with Gasteiger partial charge in [0.05, 0.1) is 6.61 Å². The first-order valence-corrected chi connectivity index (χ1v) is 4.48. The molecule has 0 amide bonds. The van der Waals surface area contributed by atoms with Crippen LogP contribution < -0.4 is 0 Å². The Balaban J connectivity index is 4.45. The van der Waals surface area contributed by atoms with Gasteiger partial charge >= 0.3 is 0 Å². The topological polar surface area (TPSA) is 85.2 Å². The Morgan fingerprint density at radius 2 is 1.87 bits per heavy atom. The van der Waals surface area contributed by atoms with Crippen molar-refractivity contribution in [3.8, 4) is 0 Å². The lowest BCUT2D eigenvalue weighted by molar-refractivity contribution is -0.149. The number of aliphatic hydroxyl groups excluding tert-OH is 2. The molecule has 0 aliphatic rings. The summed E-state index contributed by atoms with van der Waals surface area (Å²) in [4.78, 5) is 11.2. The van der Waals surface area contributed by atoms with Gasteiger partial charge in [0, 0.05) is 21.3 Å². The molecular formula is C9H18O6. The summed E-state index contributed by atoms with van der Waals surface area (Å²) >= 11 is 0. The average Bonchev–Trinajstić information content (AvgIpc) is 2.26. The van der Waals surface area contributed by atoms with Crippen molar-refractivity contribution in [3.05, 3.63) is 0 Å². The molecule has 6 heteroatoms. The van der Waals surface area contributed by atoms with Gasteiger partial charge in [0.1, 0.15) is 24.9 Å².